The topological polar surface area (TPSA) is 430 Å². The van der Waals surface area contributed by atoms with Gasteiger partial charge >= 0.3 is 0 Å². The van der Waals surface area contributed by atoms with E-state index in [1.807, 2.05) is 13.8 Å². The van der Waals surface area contributed by atoms with Crippen LogP contribution in [0.4, 0.5) is 0 Å². The van der Waals surface area contributed by atoms with Crippen LogP contribution in [0.25, 0.3) is 0 Å². The number of nitrogens with one attached hydrogen (secondary N) is 6. The Morgan fingerprint density at radius 2 is 1.06 bits per heavy atom. The van der Waals surface area contributed by atoms with E-state index in [9.17, 15) is 48.6 Å². The molecule has 24 nitrogen and oxygen atoms in total. The van der Waals surface area contributed by atoms with Crippen LogP contribution in [0.2, 0.25) is 0 Å². The summed E-state index contributed by atoms with van der Waals surface area (Å²) in [6.45, 7) is 11.7. The lowest BCUT2D eigenvalue weighted by atomic mass is 9.91. The molecule has 0 fully saturated rings. The Morgan fingerprint density at radius 1 is 0.612 bits per heavy atom. The van der Waals surface area contributed by atoms with E-state index in [-0.39, 0.29) is 81.1 Å². The van der Waals surface area contributed by atoms with Gasteiger partial charge in [0.1, 0.15) is 41.5 Å². The van der Waals surface area contributed by atoms with Crippen LogP contribution in [0.5, 0.6) is 5.75 Å². The van der Waals surface area contributed by atoms with Gasteiger partial charge < -0.3 is 76.5 Å². The van der Waals surface area contributed by atoms with Gasteiger partial charge in [-0.2, -0.15) is 0 Å². The van der Waals surface area contributed by atoms with Crippen LogP contribution in [0.3, 0.4) is 0 Å². The number of rotatable bonds is 30. The second-order valence-corrected chi connectivity index (χ2v) is 17.6. The van der Waals surface area contributed by atoms with E-state index in [0.717, 1.165) is 0 Å². The highest BCUT2D eigenvalue weighted by Crippen LogP contribution is 2.18. The summed E-state index contributed by atoms with van der Waals surface area (Å²) in [5.74, 6) is -7.87. The second-order valence-electron chi connectivity index (χ2n) is 17.6. The third kappa shape index (κ3) is 21.9. The Labute approximate surface area is 391 Å². The molecule has 0 unspecified atom stereocenters. The van der Waals surface area contributed by atoms with Crippen LogP contribution >= 0.6 is 0 Å². The first-order valence-electron chi connectivity index (χ1n) is 22.2. The summed E-state index contributed by atoms with van der Waals surface area (Å²) in [5, 5.41) is 35.8. The lowest BCUT2D eigenvalue weighted by Crippen LogP contribution is -2.63. The molecule has 20 N–H and O–H groups in total. The zero-order chi connectivity index (χ0) is 51.2. The number of phenolic OH excluding ortho intramolecular Hbond substituents is 1. The normalized spacial score (nSPS) is 15.1. The lowest BCUT2D eigenvalue weighted by molar-refractivity contribution is -0.137. The Kier molecular flexibility index (Phi) is 24.7. The van der Waals surface area contributed by atoms with Gasteiger partial charge in [-0.25, -0.2) is 0 Å². The largest absolute Gasteiger partial charge is 0.508 e. The van der Waals surface area contributed by atoms with Crippen LogP contribution in [0.15, 0.2) is 34.3 Å². The van der Waals surface area contributed by atoms with Gasteiger partial charge in [-0.3, -0.25) is 48.3 Å². The molecular formula is C43H74N14O10. The van der Waals surface area contributed by atoms with Gasteiger partial charge in [0.15, 0.2) is 11.9 Å². The van der Waals surface area contributed by atoms with Gasteiger partial charge in [-0.1, -0.05) is 46.8 Å². The number of aliphatic hydroxyl groups excluding tert-OH is 1. The monoisotopic (exact) mass is 947 g/mol. The number of benzene rings is 1. The predicted molar refractivity (Wildman–Crippen MR) is 251 cm³/mol. The van der Waals surface area contributed by atoms with Crippen LogP contribution < -0.4 is 66.3 Å². The Hall–Kier alpha value is -6.72. The van der Waals surface area contributed by atoms with Crippen LogP contribution in [0, 0.1) is 17.8 Å². The maximum Gasteiger partial charge on any atom is 0.245 e. The van der Waals surface area contributed by atoms with Gasteiger partial charge in [0, 0.05) is 31.8 Å². The Bertz CT molecular complexity index is 1900. The quantitative estimate of drug-likeness (QED) is 0.0205. The molecule has 1 rings (SSSR count). The summed E-state index contributed by atoms with van der Waals surface area (Å²) >= 11 is 0. The number of hydrogen-bond donors (Lipinski definition) is 14. The highest BCUT2D eigenvalue weighted by atomic mass is 16.3. The number of guanidine groups is 2. The molecule has 8 atom stereocenters. The summed E-state index contributed by atoms with van der Waals surface area (Å²) in [7, 11) is 0. The van der Waals surface area contributed by atoms with E-state index in [2.05, 4.69) is 41.9 Å². The van der Waals surface area contributed by atoms with Crippen LogP contribution in [-0.4, -0.2) is 124 Å². The molecule has 376 valence electrons. The number of aromatic hydroxyl groups is 1. The predicted octanol–water partition coefficient (Wildman–Crippen LogP) is -3.19. The number of phenols is 1. The number of hydrogen-bond acceptors (Lipinski definition) is 12. The number of nitrogens with two attached hydrogens (primary N) is 6. The van der Waals surface area contributed by atoms with Gasteiger partial charge in [-0.15, -0.1) is 0 Å². The van der Waals surface area contributed by atoms with Crippen LogP contribution in [-0.2, 0) is 44.8 Å². The van der Waals surface area contributed by atoms with E-state index < -0.39 is 101 Å². The Balaban J connectivity index is 3.53. The molecule has 0 aliphatic heterocycles. The van der Waals surface area contributed by atoms with Gasteiger partial charge in [0.2, 0.25) is 47.3 Å². The molecule has 8 amide bonds. The first kappa shape index (κ1) is 58.3. The number of amides is 8. The number of carbonyl (C=O) groups excluding carboxylic acids is 8. The van der Waals surface area contributed by atoms with Crippen molar-refractivity contribution in [3.05, 3.63) is 29.8 Å². The van der Waals surface area contributed by atoms with Crippen molar-refractivity contribution in [3.63, 3.8) is 0 Å². The lowest BCUT2D eigenvalue weighted by Gasteiger charge is -2.31. The van der Waals surface area contributed by atoms with E-state index >= 15 is 0 Å². The number of aliphatic hydroxyl groups is 1. The summed E-state index contributed by atoms with van der Waals surface area (Å²) in [5.41, 5.74) is 31.8. The minimum absolute atomic E-state index is 0.00273. The van der Waals surface area contributed by atoms with Crippen molar-refractivity contribution < 1.29 is 48.6 Å². The number of carbonyl (C=O) groups is 8. The summed E-state index contributed by atoms with van der Waals surface area (Å²) in [6, 6.07) is -1.36. The van der Waals surface area contributed by atoms with Gasteiger partial charge in [-0.05, 0) is 81.9 Å². The van der Waals surface area contributed by atoms with Gasteiger partial charge in [0.25, 0.3) is 0 Å². The number of nitrogens with zero attached hydrogens (tertiary/aromatic N) is 2. The van der Waals surface area contributed by atoms with Crippen LogP contribution in [0.1, 0.15) is 99.0 Å². The first-order valence-corrected chi connectivity index (χ1v) is 22.2. The fourth-order valence-corrected chi connectivity index (χ4v) is 6.77. The fourth-order valence-electron chi connectivity index (χ4n) is 6.77. The molecule has 0 aromatic heterocycles. The van der Waals surface area contributed by atoms with E-state index in [0.29, 0.717) is 12.0 Å². The minimum atomic E-state index is -1.71. The first-order chi connectivity index (χ1) is 31.2. The van der Waals surface area contributed by atoms with Crippen molar-refractivity contribution in [2.45, 2.75) is 142 Å². The zero-order valence-corrected chi connectivity index (χ0v) is 39.6. The molecule has 0 radical (unpaired) electrons. The average molecular weight is 947 g/mol. The molecule has 0 saturated heterocycles. The molecule has 0 bridgehead atoms. The molecule has 67 heavy (non-hydrogen) atoms. The standard InChI is InChI=1S/C43H74N14O10/c1-22(2)20-24(5)34(61)55-32(23(3)4)38(65)56-33(25(6)58)39(66)54-28(10-8-18-50-41(46)47)35(62)53-30(16-17-31(44)60)36(63)52-29(11-9-19-51-42(48)49)37(64)57-43(7,40(45)67)21-26-12-14-27(59)15-13-26/h12-15,22-25,28-30,32-33,58-59H,8-11,16-21H2,1-7H3,(H2,44,60)(H2,45,67)(H,52,63)(H,53,62)(H,54,66)(H,55,61)(H,56,65)(H,57,64)(H4,46,47,50)(H4,48,49,51)/t24-,25+,28-,29-,30-,32-,33-,43+/m0/s1. The fraction of sp³-hybridized carbons (Fsp3) is 0.628. The molecule has 1 aromatic carbocycles. The van der Waals surface area contributed by atoms with Gasteiger partial charge in [0.05, 0.1) is 6.10 Å². The smallest absolute Gasteiger partial charge is 0.245 e. The van der Waals surface area contributed by atoms with E-state index in [1.54, 1.807) is 20.8 Å². The molecule has 0 aliphatic carbocycles. The Morgan fingerprint density at radius 3 is 1.49 bits per heavy atom. The van der Waals surface area contributed by atoms with Crippen molar-refractivity contribution in [3.8, 4) is 5.75 Å². The maximum atomic E-state index is 14.1. The van der Waals surface area contributed by atoms with Crippen molar-refractivity contribution >= 4 is 59.2 Å². The summed E-state index contributed by atoms with van der Waals surface area (Å²) < 4.78 is 0. The maximum absolute atomic E-state index is 14.1. The molecule has 0 aliphatic rings. The summed E-state index contributed by atoms with van der Waals surface area (Å²) in [4.78, 5) is 115. The highest BCUT2D eigenvalue weighted by molar-refractivity contribution is 5.98. The molecule has 0 spiro atoms. The highest BCUT2D eigenvalue weighted by Gasteiger charge is 2.38. The molecule has 0 heterocycles. The van der Waals surface area contributed by atoms with E-state index in [4.69, 9.17) is 34.4 Å². The number of aliphatic imine (C=N–C) groups is 2. The van der Waals surface area contributed by atoms with Crippen molar-refractivity contribution in [1.82, 2.24) is 31.9 Å². The van der Waals surface area contributed by atoms with Crippen molar-refractivity contribution in [2.24, 2.45) is 62.1 Å². The number of primary amides is 2. The third-order valence-corrected chi connectivity index (χ3v) is 10.5. The minimum Gasteiger partial charge on any atom is -0.508 e. The molecule has 24 heteroatoms. The van der Waals surface area contributed by atoms with Crippen molar-refractivity contribution in [1.29, 1.82) is 0 Å². The zero-order valence-electron chi connectivity index (χ0n) is 39.6. The van der Waals surface area contributed by atoms with Crippen molar-refractivity contribution in [2.75, 3.05) is 13.1 Å². The SMILES string of the molecule is CC(C)C[C@H](C)C(=O)N[C@H](C(=O)N[C@H](C(=O)N[C@@H](CCCN=C(N)N)C(=O)N[C@@H](CCC(N)=O)C(=O)N[C@@H](CCCN=C(N)N)C(=O)N[C@](C)(Cc1ccc(O)cc1)C(N)=O)[C@@H](C)O)C(C)C. The molecular weight excluding hydrogens is 873 g/mol. The summed E-state index contributed by atoms with van der Waals surface area (Å²) in [6.07, 6.45) is -1.90. The third-order valence-electron chi connectivity index (χ3n) is 10.5. The average Bonchev–Trinajstić information content (AvgIpc) is 3.22. The molecule has 1 aromatic rings. The second kappa shape index (κ2) is 28.3. The van der Waals surface area contributed by atoms with E-state index in [1.165, 1.54) is 38.1 Å². The molecule has 0 saturated carbocycles.